The Bertz CT molecular complexity index is 448. The number of benzene rings is 1. The van der Waals surface area contributed by atoms with E-state index in [1.165, 1.54) is 0 Å². The van der Waals surface area contributed by atoms with Gasteiger partial charge >= 0.3 is 0 Å². The van der Waals surface area contributed by atoms with Crippen molar-refractivity contribution in [1.29, 1.82) is 0 Å². The van der Waals surface area contributed by atoms with E-state index < -0.39 is 0 Å². The van der Waals surface area contributed by atoms with E-state index in [9.17, 15) is 0 Å². The van der Waals surface area contributed by atoms with Crippen LogP contribution in [-0.2, 0) is 6.61 Å². The van der Waals surface area contributed by atoms with E-state index in [0.29, 0.717) is 18.1 Å². The van der Waals surface area contributed by atoms with E-state index >= 15 is 0 Å². The molecule has 0 fully saturated rings. The Morgan fingerprint density at radius 3 is 2.62 bits per heavy atom. The molecule has 0 aliphatic rings. The largest absolute Gasteiger partial charge is 0.494 e. The molecule has 16 heavy (non-hydrogen) atoms. The molecule has 0 saturated heterocycles. The molecule has 4 nitrogen and oxygen atoms in total. The van der Waals surface area contributed by atoms with Crippen LogP contribution in [0.1, 0.15) is 12.7 Å². The van der Waals surface area contributed by atoms with Gasteiger partial charge in [0.05, 0.1) is 6.61 Å². The maximum atomic E-state index is 8.86. The van der Waals surface area contributed by atoms with Gasteiger partial charge in [-0.15, -0.1) is 0 Å². The van der Waals surface area contributed by atoms with Crippen LogP contribution in [0.3, 0.4) is 0 Å². The number of aromatic nitrogens is 1. The van der Waals surface area contributed by atoms with Crippen LogP contribution in [0.25, 0.3) is 11.3 Å². The van der Waals surface area contributed by atoms with Crippen LogP contribution in [-0.4, -0.2) is 16.9 Å². The van der Waals surface area contributed by atoms with Crippen molar-refractivity contribution in [3.63, 3.8) is 0 Å². The van der Waals surface area contributed by atoms with Crippen molar-refractivity contribution < 1.29 is 14.4 Å². The van der Waals surface area contributed by atoms with Gasteiger partial charge in [0.15, 0.2) is 5.76 Å². The zero-order valence-electron chi connectivity index (χ0n) is 9.01. The van der Waals surface area contributed by atoms with Crippen LogP contribution in [0.4, 0.5) is 0 Å². The topological polar surface area (TPSA) is 55.5 Å². The van der Waals surface area contributed by atoms with Gasteiger partial charge in [0.2, 0.25) is 0 Å². The summed E-state index contributed by atoms with van der Waals surface area (Å²) in [6.45, 7) is 2.46. The summed E-state index contributed by atoms with van der Waals surface area (Å²) in [5, 5.41) is 12.7. The summed E-state index contributed by atoms with van der Waals surface area (Å²) >= 11 is 0. The highest BCUT2D eigenvalue weighted by molar-refractivity contribution is 5.59. The summed E-state index contributed by atoms with van der Waals surface area (Å²) in [7, 11) is 0. The predicted octanol–water partition coefficient (Wildman–Crippen LogP) is 2.23. The number of ether oxygens (including phenoxy) is 1. The first-order valence-electron chi connectivity index (χ1n) is 5.13. The van der Waals surface area contributed by atoms with Crippen LogP contribution in [0.5, 0.6) is 5.75 Å². The second-order valence-electron chi connectivity index (χ2n) is 3.29. The summed E-state index contributed by atoms with van der Waals surface area (Å²) in [5.41, 5.74) is 1.65. The van der Waals surface area contributed by atoms with Gasteiger partial charge in [0, 0.05) is 11.6 Å². The van der Waals surface area contributed by atoms with Crippen molar-refractivity contribution in [1.82, 2.24) is 5.16 Å². The predicted molar refractivity (Wildman–Crippen MR) is 59.0 cm³/mol. The fourth-order valence-corrected chi connectivity index (χ4v) is 1.41. The smallest absolute Gasteiger partial charge is 0.162 e. The molecular weight excluding hydrogens is 206 g/mol. The number of aliphatic hydroxyl groups is 1. The minimum atomic E-state index is -0.135. The number of rotatable bonds is 4. The third-order valence-corrected chi connectivity index (χ3v) is 2.18. The quantitative estimate of drug-likeness (QED) is 0.856. The molecule has 0 aliphatic carbocycles. The molecule has 0 unspecified atom stereocenters. The van der Waals surface area contributed by atoms with E-state index in [0.717, 1.165) is 11.3 Å². The lowest BCUT2D eigenvalue weighted by molar-refractivity contribution is 0.229. The zero-order chi connectivity index (χ0) is 11.4. The molecule has 0 saturated carbocycles. The van der Waals surface area contributed by atoms with E-state index in [4.69, 9.17) is 14.4 Å². The van der Waals surface area contributed by atoms with Crippen molar-refractivity contribution in [3.05, 3.63) is 36.1 Å². The molecule has 2 rings (SSSR count). The standard InChI is InChI=1S/C12H13NO3/c1-2-15-10-5-3-9(4-6-10)12-7-11(8-14)16-13-12/h3-7,14H,2,8H2,1H3. The minimum absolute atomic E-state index is 0.135. The van der Waals surface area contributed by atoms with Gasteiger partial charge in [-0.1, -0.05) is 5.16 Å². The van der Waals surface area contributed by atoms with Crippen LogP contribution in [0, 0.1) is 0 Å². The Hall–Kier alpha value is -1.81. The van der Waals surface area contributed by atoms with E-state index in [-0.39, 0.29) is 6.61 Å². The molecule has 0 amide bonds. The van der Waals surface area contributed by atoms with Gasteiger partial charge < -0.3 is 14.4 Å². The van der Waals surface area contributed by atoms with Crippen LogP contribution >= 0.6 is 0 Å². The molecule has 0 aliphatic heterocycles. The van der Waals surface area contributed by atoms with Gasteiger partial charge in [0.25, 0.3) is 0 Å². The second kappa shape index (κ2) is 4.81. The van der Waals surface area contributed by atoms with Gasteiger partial charge in [-0.2, -0.15) is 0 Å². The monoisotopic (exact) mass is 219 g/mol. The second-order valence-corrected chi connectivity index (χ2v) is 3.29. The summed E-state index contributed by atoms with van der Waals surface area (Å²) < 4.78 is 10.3. The number of aliphatic hydroxyl groups excluding tert-OH is 1. The molecule has 2 aromatic rings. The Morgan fingerprint density at radius 1 is 1.31 bits per heavy atom. The van der Waals surface area contributed by atoms with Crippen LogP contribution in [0.2, 0.25) is 0 Å². The van der Waals surface area contributed by atoms with E-state index in [2.05, 4.69) is 5.16 Å². The molecule has 1 aromatic carbocycles. The summed E-state index contributed by atoms with van der Waals surface area (Å²) in [6, 6.07) is 9.29. The van der Waals surface area contributed by atoms with E-state index in [1.807, 2.05) is 31.2 Å². The minimum Gasteiger partial charge on any atom is -0.494 e. The molecule has 0 radical (unpaired) electrons. The maximum absolute atomic E-state index is 8.86. The third-order valence-electron chi connectivity index (χ3n) is 2.18. The number of hydrogen-bond acceptors (Lipinski definition) is 4. The summed E-state index contributed by atoms with van der Waals surface area (Å²) in [6.07, 6.45) is 0. The third kappa shape index (κ3) is 2.23. The Balaban J connectivity index is 2.20. The Labute approximate surface area is 93.5 Å². The molecule has 4 heteroatoms. The first-order chi connectivity index (χ1) is 7.83. The van der Waals surface area contributed by atoms with Gasteiger partial charge in [-0.25, -0.2) is 0 Å². The highest BCUT2D eigenvalue weighted by Gasteiger charge is 2.05. The molecule has 84 valence electrons. The van der Waals surface area contributed by atoms with Crippen molar-refractivity contribution in [2.75, 3.05) is 6.61 Å². The molecular formula is C12H13NO3. The average Bonchev–Trinajstić information content (AvgIpc) is 2.79. The molecule has 1 heterocycles. The molecule has 0 bridgehead atoms. The van der Waals surface area contributed by atoms with E-state index in [1.54, 1.807) is 6.07 Å². The highest BCUT2D eigenvalue weighted by Crippen LogP contribution is 2.22. The van der Waals surface area contributed by atoms with Crippen LogP contribution in [0.15, 0.2) is 34.9 Å². The van der Waals surface area contributed by atoms with Crippen molar-refractivity contribution in [3.8, 4) is 17.0 Å². The Kier molecular flexibility index (Phi) is 3.22. The first-order valence-corrected chi connectivity index (χ1v) is 5.13. The number of hydrogen-bond donors (Lipinski definition) is 1. The molecule has 1 aromatic heterocycles. The van der Waals surface area contributed by atoms with Crippen molar-refractivity contribution in [2.24, 2.45) is 0 Å². The zero-order valence-corrected chi connectivity index (χ0v) is 9.01. The number of nitrogens with zero attached hydrogens (tertiary/aromatic N) is 1. The first kappa shape index (κ1) is 10.7. The molecule has 0 spiro atoms. The lowest BCUT2D eigenvalue weighted by atomic mass is 10.1. The van der Waals surface area contributed by atoms with Crippen molar-refractivity contribution >= 4 is 0 Å². The highest BCUT2D eigenvalue weighted by atomic mass is 16.5. The fourth-order valence-electron chi connectivity index (χ4n) is 1.41. The maximum Gasteiger partial charge on any atom is 0.162 e. The summed E-state index contributed by atoms with van der Waals surface area (Å²) in [4.78, 5) is 0. The van der Waals surface area contributed by atoms with Gasteiger partial charge in [0.1, 0.15) is 18.1 Å². The fraction of sp³-hybridized carbons (Fsp3) is 0.250. The normalized spacial score (nSPS) is 10.4. The van der Waals surface area contributed by atoms with Crippen LogP contribution < -0.4 is 4.74 Å². The average molecular weight is 219 g/mol. The summed E-state index contributed by atoms with van der Waals surface area (Å²) in [5.74, 6) is 1.29. The van der Waals surface area contributed by atoms with Gasteiger partial charge in [-0.3, -0.25) is 0 Å². The molecule has 0 atom stereocenters. The molecule has 1 N–H and O–H groups in total. The lowest BCUT2D eigenvalue weighted by Gasteiger charge is -2.02. The Morgan fingerprint density at radius 2 is 2.06 bits per heavy atom. The lowest BCUT2D eigenvalue weighted by Crippen LogP contribution is -1.90. The van der Waals surface area contributed by atoms with Crippen molar-refractivity contribution in [2.45, 2.75) is 13.5 Å². The van der Waals surface area contributed by atoms with Gasteiger partial charge in [-0.05, 0) is 31.2 Å². The SMILES string of the molecule is CCOc1ccc(-c2cc(CO)on2)cc1.